The highest BCUT2D eigenvalue weighted by molar-refractivity contribution is 5.91. The smallest absolute Gasteiger partial charge is 0.336 e. The first-order valence-electron chi connectivity index (χ1n) is 5.63. The third-order valence-electron chi connectivity index (χ3n) is 2.36. The van der Waals surface area contributed by atoms with Crippen LogP contribution in [0.5, 0.6) is 5.75 Å². The van der Waals surface area contributed by atoms with Gasteiger partial charge in [0.15, 0.2) is 0 Å². The third-order valence-corrected chi connectivity index (χ3v) is 2.36. The van der Waals surface area contributed by atoms with Gasteiger partial charge in [0.05, 0.1) is 0 Å². The number of benzene rings is 1. The fraction of sp³-hybridized carbons (Fsp3) is 0.286. The van der Waals surface area contributed by atoms with Crippen LogP contribution in [0.15, 0.2) is 30.4 Å². The lowest BCUT2D eigenvalue weighted by Gasteiger charge is -2.12. The molecule has 0 aliphatic rings. The van der Waals surface area contributed by atoms with Crippen LogP contribution < -0.4 is 4.74 Å². The molecule has 18 heavy (non-hydrogen) atoms. The second-order valence-corrected chi connectivity index (χ2v) is 4.29. The van der Waals surface area contributed by atoms with Gasteiger partial charge >= 0.3 is 11.9 Å². The molecule has 96 valence electrons. The summed E-state index contributed by atoms with van der Waals surface area (Å²) >= 11 is 0. The lowest BCUT2D eigenvalue weighted by atomic mass is 10.0. The van der Waals surface area contributed by atoms with Crippen LogP contribution in [-0.2, 0) is 9.59 Å². The Bertz CT molecular complexity index is 487. The molecule has 0 saturated heterocycles. The monoisotopic (exact) mass is 248 g/mol. The van der Waals surface area contributed by atoms with E-state index in [2.05, 4.69) is 0 Å². The summed E-state index contributed by atoms with van der Waals surface area (Å²) in [5.41, 5.74) is 1.89. The maximum atomic E-state index is 11.4. The molecule has 1 rings (SSSR count). The van der Waals surface area contributed by atoms with E-state index < -0.39 is 11.9 Å². The van der Waals surface area contributed by atoms with Crippen molar-refractivity contribution >= 4 is 11.9 Å². The minimum Gasteiger partial charge on any atom is -0.478 e. The van der Waals surface area contributed by atoms with Crippen molar-refractivity contribution in [1.29, 1.82) is 0 Å². The van der Waals surface area contributed by atoms with Crippen LogP contribution >= 0.6 is 0 Å². The Labute approximate surface area is 106 Å². The summed E-state index contributed by atoms with van der Waals surface area (Å²) in [5.74, 6) is -1.17. The first-order valence-corrected chi connectivity index (χ1v) is 5.63. The summed E-state index contributed by atoms with van der Waals surface area (Å²) in [4.78, 5) is 21.7. The average Bonchev–Trinajstić information content (AvgIpc) is 2.26. The fourth-order valence-electron chi connectivity index (χ4n) is 1.49. The van der Waals surface area contributed by atoms with Crippen LogP contribution in [-0.4, -0.2) is 17.0 Å². The van der Waals surface area contributed by atoms with E-state index in [4.69, 9.17) is 9.84 Å². The summed E-state index contributed by atoms with van der Waals surface area (Å²) in [6, 6.07) is 5.62. The molecule has 0 aliphatic carbocycles. The first kappa shape index (κ1) is 14.0. The number of aryl methyl sites for hydroxylation is 1. The predicted molar refractivity (Wildman–Crippen MR) is 67.7 cm³/mol. The highest BCUT2D eigenvalue weighted by atomic mass is 16.5. The Kier molecular flexibility index (Phi) is 4.66. The third kappa shape index (κ3) is 4.05. The zero-order valence-corrected chi connectivity index (χ0v) is 10.6. The van der Waals surface area contributed by atoms with E-state index in [0.29, 0.717) is 5.75 Å². The molecular formula is C14H16O4. The Morgan fingerprint density at radius 2 is 1.94 bits per heavy atom. The molecule has 1 N–H and O–H groups in total. The molecule has 0 bridgehead atoms. The molecule has 4 nitrogen and oxygen atoms in total. The summed E-state index contributed by atoms with van der Waals surface area (Å²) in [6.45, 7) is 5.89. The number of esters is 1. The number of carbonyl (C=O) groups is 2. The number of hydrogen-bond acceptors (Lipinski definition) is 3. The maximum absolute atomic E-state index is 11.4. The van der Waals surface area contributed by atoms with Crippen molar-refractivity contribution < 1.29 is 19.4 Å². The van der Waals surface area contributed by atoms with Crippen molar-refractivity contribution in [3.8, 4) is 5.75 Å². The van der Waals surface area contributed by atoms with E-state index in [9.17, 15) is 9.59 Å². The van der Waals surface area contributed by atoms with Gasteiger partial charge in [-0.3, -0.25) is 0 Å². The van der Waals surface area contributed by atoms with Crippen molar-refractivity contribution in [3.63, 3.8) is 0 Å². The van der Waals surface area contributed by atoms with Gasteiger partial charge in [0, 0.05) is 12.2 Å². The molecule has 0 heterocycles. The van der Waals surface area contributed by atoms with Gasteiger partial charge < -0.3 is 9.84 Å². The molecule has 0 radical (unpaired) electrons. The van der Waals surface area contributed by atoms with Crippen molar-refractivity contribution in [2.75, 3.05) is 0 Å². The average molecular weight is 248 g/mol. The second kappa shape index (κ2) is 6.00. The van der Waals surface area contributed by atoms with Gasteiger partial charge in [0.25, 0.3) is 0 Å². The Morgan fingerprint density at radius 1 is 1.28 bits per heavy atom. The zero-order valence-electron chi connectivity index (χ0n) is 10.6. The lowest BCUT2D eigenvalue weighted by Crippen LogP contribution is -2.07. The molecule has 0 fully saturated rings. The number of carbonyl (C=O) groups excluding carboxylic acids is 1. The second-order valence-electron chi connectivity index (χ2n) is 4.29. The Hall–Kier alpha value is -2.10. The SMILES string of the molecule is Cc1ccc(C(C)C)c(OC(=O)/C=C\C(=O)O)c1. The van der Waals surface area contributed by atoms with Crippen LogP contribution in [0.3, 0.4) is 0 Å². The van der Waals surface area contributed by atoms with Gasteiger partial charge in [-0.2, -0.15) is 0 Å². The molecule has 0 spiro atoms. The van der Waals surface area contributed by atoms with Crippen LogP contribution in [0.1, 0.15) is 30.9 Å². The fourth-order valence-corrected chi connectivity index (χ4v) is 1.49. The van der Waals surface area contributed by atoms with E-state index in [1.807, 2.05) is 32.9 Å². The number of rotatable bonds is 4. The van der Waals surface area contributed by atoms with E-state index in [0.717, 1.165) is 23.3 Å². The van der Waals surface area contributed by atoms with Gasteiger partial charge in [-0.15, -0.1) is 0 Å². The van der Waals surface area contributed by atoms with Gasteiger partial charge in [-0.1, -0.05) is 26.0 Å². The lowest BCUT2D eigenvalue weighted by molar-refractivity contribution is -0.133. The molecule has 0 amide bonds. The molecule has 0 unspecified atom stereocenters. The van der Waals surface area contributed by atoms with Gasteiger partial charge in [0.2, 0.25) is 0 Å². The van der Waals surface area contributed by atoms with Crippen LogP contribution in [0.4, 0.5) is 0 Å². The quantitative estimate of drug-likeness (QED) is 0.505. The molecule has 1 aromatic carbocycles. The summed E-state index contributed by atoms with van der Waals surface area (Å²) < 4.78 is 5.15. The molecule has 0 atom stereocenters. The van der Waals surface area contributed by atoms with E-state index >= 15 is 0 Å². The van der Waals surface area contributed by atoms with Crippen molar-refractivity contribution in [2.24, 2.45) is 0 Å². The van der Waals surface area contributed by atoms with Gasteiger partial charge in [-0.05, 0) is 30.0 Å². The minimum absolute atomic E-state index is 0.219. The molecular weight excluding hydrogens is 232 g/mol. The van der Waals surface area contributed by atoms with Gasteiger partial charge in [0.1, 0.15) is 5.75 Å². The number of hydrogen-bond donors (Lipinski definition) is 1. The highest BCUT2D eigenvalue weighted by Crippen LogP contribution is 2.27. The highest BCUT2D eigenvalue weighted by Gasteiger charge is 2.10. The molecule has 4 heteroatoms. The zero-order chi connectivity index (χ0) is 13.7. The van der Waals surface area contributed by atoms with Crippen LogP contribution in [0.2, 0.25) is 0 Å². The Morgan fingerprint density at radius 3 is 2.50 bits per heavy atom. The first-order chi connectivity index (χ1) is 8.40. The van der Waals surface area contributed by atoms with Crippen molar-refractivity contribution in [3.05, 3.63) is 41.5 Å². The molecule has 0 saturated carbocycles. The molecule has 0 aliphatic heterocycles. The predicted octanol–water partition coefficient (Wildman–Crippen LogP) is 2.66. The number of carboxylic acid groups (broad SMARTS) is 1. The number of aliphatic carboxylic acids is 1. The maximum Gasteiger partial charge on any atom is 0.336 e. The molecule has 0 aromatic heterocycles. The standard InChI is InChI=1S/C14H16O4/c1-9(2)11-5-4-10(3)8-12(11)18-14(17)7-6-13(15)16/h4-9H,1-3H3,(H,15,16)/b7-6-. The number of carboxylic acids is 1. The largest absolute Gasteiger partial charge is 0.478 e. The van der Waals surface area contributed by atoms with Crippen molar-refractivity contribution in [2.45, 2.75) is 26.7 Å². The topological polar surface area (TPSA) is 63.6 Å². The van der Waals surface area contributed by atoms with E-state index in [1.165, 1.54) is 0 Å². The molecule has 1 aromatic rings. The van der Waals surface area contributed by atoms with Gasteiger partial charge in [-0.25, -0.2) is 9.59 Å². The summed E-state index contributed by atoms with van der Waals surface area (Å²) in [5, 5.41) is 8.42. The summed E-state index contributed by atoms with van der Waals surface area (Å²) in [7, 11) is 0. The minimum atomic E-state index is -1.18. The van der Waals surface area contributed by atoms with E-state index in [-0.39, 0.29) is 5.92 Å². The summed E-state index contributed by atoms with van der Waals surface area (Å²) in [6.07, 6.45) is 1.65. The van der Waals surface area contributed by atoms with Crippen LogP contribution in [0, 0.1) is 6.92 Å². The van der Waals surface area contributed by atoms with E-state index in [1.54, 1.807) is 6.07 Å². The number of ether oxygens (including phenoxy) is 1. The Balaban J connectivity index is 2.92. The van der Waals surface area contributed by atoms with Crippen molar-refractivity contribution in [1.82, 2.24) is 0 Å². The normalized spacial score (nSPS) is 10.9. The van der Waals surface area contributed by atoms with Crippen LogP contribution in [0.25, 0.3) is 0 Å².